The Hall–Kier alpha value is -1.31. The molecule has 0 spiro atoms. The lowest BCUT2D eigenvalue weighted by Crippen LogP contribution is -2.27. The van der Waals surface area contributed by atoms with Crippen LogP contribution < -0.4 is 5.32 Å². The predicted molar refractivity (Wildman–Crippen MR) is 57.5 cm³/mol. The van der Waals surface area contributed by atoms with Gasteiger partial charge in [-0.15, -0.1) is 0 Å². The predicted octanol–water partition coefficient (Wildman–Crippen LogP) is 2.39. The Morgan fingerprint density at radius 1 is 1.50 bits per heavy atom. The summed E-state index contributed by atoms with van der Waals surface area (Å²) in [5, 5.41) is 3.41. The van der Waals surface area contributed by atoms with Gasteiger partial charge in [0.25, 0.3) is 0 Å². The minimum atomic E-state index is 0.266. The van der Waals surface area contributed by atoms with Gasteiger partial charge in [0, 0.05) is 18.2 Å². The molecule has 0 radical (unpaired) electrons. The Morgan fingerprint density at radius 2 is 2.29 bits per heavy atom. The highest BCUT2D eigenvalue weighted by Crippen LogP contribution is 2.25. The molecule has 1 aliphatic rings. The number of fused-ring (bicyclic) bond motifs is 1. The van der Waals surface area contributed by atoms with Crippen molar-refractivity contribution in [3.63, 3.8) is 0 Å². The van der Waals surface area contributed by atoms with Crippen molar-refractivity contribution < 1.29 is 4.79 Å². The number of hydrogen-bond acceptors (Lipinski definition) is 2. The fourth-order valence-electron chi connectivity index (χ4n) is 2.00. The number of para-hydroxylation sites is 1. The minimum Gasteiger partial charge on any atom is -0.382 e. The standard InChI is InChI=1S/C12H15NO/c1-9(14)8-11-7-6-10-4-2-3-5-12(10)13-11/h2-5,11,13H,6-8H2,1H3. The number of carbonyl (C=O) groups is 1. The summed E-state index contributed by atoms with van der Waals surface area (Å²) in [6, 6.07) is 8.66. The molecule has 1 atom stereocenters. The van der Waals surface area contributed by atoms with Gasteiger partial charge in [-0.3, -0.25) is 4.79 Å². The maximum atomic E-state index is 11.0. The van der Waals surface area contributed by atoms with E-state index in [2.05, 4.69) is 23.5 Å². The first-order valence-electron chi connectivity index (χ1n) is 5.09. The van der Waals surface area contributed by atoms with Gasteiger partial charge in [0.1, 0.15) is 5.78 Å². The summed E-state index contributed by atoms with van der Waals surface area (Å²) in [6.07, 6.45) is 2.80. The molecule has 0 aromatic heterocycles. The summed E-state index contributed by atoms with van der Waals surface area (Å²) >= 11 is 0. The third-order valence-electron chi connectivity index (χ3n) is 2.67. The topological polar surface area (TPSA) is 29.1 Å². The van der Waals surface area contributed by atoms with Gasteiger partial charge >= 0.3 is 0 Å². The molecule has 0 amide bonds. The van der Waals surface area contributed by atoms with Crippen LogP contribution in [0.15, 0.2) is 24.3 Å². The van der Waals surface area contributed by atoms with Crippen molar-refractivity contribution in [1.82, 2.24) is 0 Å². The second kappa shape index (κ2) is 3.82. The first-order chi connectivity index (χ1) is 6.75. The third kappa shape index (κ3) is 1.95. The summed E-state index contributed by atoms with van der Waals surface area (Å²) in [6.45, 7) is 1.65. The van der Waals surface area contributed by atoms with Gasteiger partial charge < -0.3 is 5.32 Å². The molecule has 1 N–H and O–H groups in total. The lowest BCUT2D eigenvalue weighted by atomic mass is 9.95. The van der Waals surface area contributed by atoms with Crippen LogP contribution in [0, 0.1) is 0 Å². The molecular formula is C12H15NO. The monoisotopic (exact) mass is 189 g/mol. The molecule has 1 aromatic rings. The minimum absolute atomic E-state index is 0.266. The van der Waals surface area contributed by atoms with E-state index in [0.29, 0.717) is 12.5 Å². The van der Waals surface area contributed by atoms with E-state index < -0.39 is 0 Å². The van der Waals surface area contributed by atoms with E-state index in [9.17, 15) is 4.79 Å². The number of nitrogens with one attached hydrogen (secondary N) is 1. The van der Waals surface area contributed by atoms with Gasteiger partial charge in [-0.25, -0.2) is 0 Å². The van der Waals surface area contributed by atoms with Crippen LogP contribution in [0.3, 0.4) is 0 Å². The van der Waals surface area contributed by atoms with E-state index in [0.717, 1.165) is 12.8 Å². The molecule has 2 rings (SSSR count). The van der Waals surface area contributed by atoms with Gasteiger partial charge in [-0.05, 0) is 31.4 Å². The van der Waals surface area contributed by atoms with Crippen LogP contribution >= 0.6 is 0 Å². The van der Waals surface area contributed by atoms with Gasteiger partial charge in [0.05, 0.1) is 0 Å². The van der Waals surface area contributed by atoms with Gasteiger partial charge in [-0.2, -0.15) is 0 Å². The lowest BCUT2D eigenvalue weighted by molar-refractivity contribution is -0.117. The van der Waals surface area contributed by atoms with E-state index in [1.165, 1.54) is 11.3 Å². The van der Waals surface area contributed by atoms with Crippen molar-refractivity contribution >= 4 is 11.5 Å². The van der Waals surface area contributed by atoms with Crippen molar-refractivity contribution in [2.24, 2.45) is 0 Å². The number of anilines is 1. The maximum Gasteiger partial charge on any atom is 0.131 e. The number of hydrogen-bond donors (Lipinski definition) is 1. The Balaban J connectivity index is 2.09. The van der Waals surface area contributed by atoms with E-state index in [4.69, 9.17) is 0 Å². The SMILES string of the molecule is CC(=O)CC1CCc2ccccc2N1. The molecule has 1 aliphatic heterocycles. The highest BCUT2D eigenvalue weighted by Gasteiger charge is 2.17. The highest BCUT2D eigenvalue weighted by atomic mass is 16.1. The largest absolute Gasteiger partial charge is 0.382 e. The van der Waals surface area contributed by atoms with Crippen molar-refractivity contribution in [2.45, 2.75) is 32.2 Å². The average molecular weight is 189 g/mol. The van der Waals surface area contributed by atoms with E-state index in [-0.39, 0.29) is 5.78 Å². The van der Waals surface area contributed by atoms with Crippen LogP contribution in [0.1, 0.15) is 25.3 Å². The maximum absolute atomic E-state index is 11.0. The summed E-state index contributed by atoms with van der Waals surface area (Å²) in [5.41, 5.74) is 2.57. The summed E-state index contributed by atoms with van der Waals surface area (Å²) in [5.74, 6) is 0.266. The highest BCUT2D eigenvalue weighted by molar-refractivity contribution is 5.76. The number of aryl methyl sites for hydroxylation is 1. The third-order valence-corrected chi connectivity index (χ3v) is 2.67. The Bertz CT molecular complexity index is 346. The zero-order chi connectivity index (χ0) is 9.97. The summed E-state index contributed by atoms with van der Waals surface area (Å²) in [4.78, 5) is 11.0. The molecule has 0 saturated carbocycles. The molecule has 0 saturated heterocycles. The summed E-state index contributed by atoms with van der Waals surface area (Å²) in [7, 11) is 0. The molecule has 1 aromatic carbocycles. The van der Waals surface area contributed by atoms with Gasteiger partial charge in [0.15, 0.2) is 0 Å². The molecule has 0 aliphatic carbocycles. The number of ketones is 1. The molecular weight excluding hydrogens is 174 g/mol. The van der Waals surface area contributed by atoms with E-state index in [1.54, 1.807) is 6.92 Å². The zero-order valence-corrected chi connectivity index (χ0v) is 8.42. The Labute approximate surface area is 84.3 Å². The average Bonchev–Trinajstić information content (AvgIpc) is 2.17. The van der Waals surface area contributed by atoms with Gasteiger partial charge in [-0.1, -0.05) is 18.2 Å². The molecule has 0 fully saturated rings. The molecule has 2 heteroatoms. The van der Waals surface area contributed by atoms with Crippen LogP contribution in [0.4, 0.5) is 5.69 Å². The fourth-order valence-corrected chi connectivity index (χ4v) is 2.00. The molecule has 1 heterocycles. The van der Waals surface area contributed by atoms with Crippen LogP contribution in [0.2, 0.25) is 0 Å². The molecule has 2 nitrogen and oxygen atoms in total. The first kappa shape index (κ1) is 9.25. The molecule has 0 bridgehead atoms. The van der Waals surface area contributed by atoms with Crippen molar-refractivity contribution in [3.05, 3.63) is 29.8 Å². The van der Waals surface area contributed by atoms with Gasteiger partial charge in [0.2, 0.25) is 0 Å². The smallest absolute Gasteiger partial charge is 0.131 e. The van der Waals surface area contributed by atoms with Crippen molar-refractivity contribution in [3.8, 4) is 0 Å². The number of carbonyl (C=O) groups excluding carboxylic acids is 1. The quantitative estimate of drug-likeness (QED) is 0.774. The van der Waals surface area contributed by atoms with Crippen LogP contribution in [-0.2, 0) is 11.2 Å². The number of Topliss-reactive ketones (excluding diaryl/α,β-unsaturated/α-hetero) is 1. The Kier molecular flexibility index (Phi) is 2.53. The zero-order valence-electron chi connectivity index (χ0n) is 8.42. The second-order valence-electron chi connectivity index (χ2n) is 3.94. The number of benzene rings is 1. The molecule has 74 valence electrons. The van der Waals surface area contributed by atoms with E-state index in [1.807, 2.05) is 6.07 Å². The van der Waals surface area contributed by atoms with Crippen LogP contribution in [0.25, 0.3) is 0 Å². The summed E-state index contributed by atoms with van der Waals surface area (Å²) < 4.78 is 0. The van der Waals surface area contributed by atoms with Crippen LogP contribution in [-0.4, -0.2) is 11.8 Å². The Morgan fingerprint density at radius 3 is 3.07 bits per heavy atom. The molecule has 14 heavy (non-hydrogen) atoms. The second-order valence-corrected chi connectivity index (χ2v) is 3.94. The first-order valence-corrected chi connectivity index (χ1v) is 5.09. The normalized spacial score (nSPS) is 19.6. The number of rotatable bonds is 2. The lowest BCUT2D eigenvalue weighted by Gasteiger charge is -2.26. The fraction of sp³-hybridized carbons (Fsp3) is 0.417. The van der Waals surface area contributed by atoms with Crippen molar-refractivity contribution in [2.75, 3.05) is 5.32 Å². The van der Waals surface area contributed by atoms with E-state index >= 15 is 0 Å². The molecule has 1 unspecified atom stereocenters. The van der Waals surface area contributed by atoms with Crippen LogP contribution in [0.5, 0.6) is 0 Å². The van der Waals surface area contributed by atoms with Crippen molar-refractivity contribution in [1.29, 1.82) is 0 Å².